The molecule has 0 saturated heterocycles. The number of primary amides is 1. The van der Waals surface area contributed by atoms with Crippen LogP contribution in [0.3, 0.4) is 0 Å². The highest BCUT2D eigenvalue weighted by Crippen LogP contribution is 2.68. The summed E-state index contributed by atoms with van der Waals surface area (Å²) in [5, 5.41) is 62.4. The molecule has 8 N–H and O–H groups in total. The van der Waals surface area contributed by atoms with Gasteiger partial charge >= 0.3 is 0 Å². The topological polar surface area (TPSA) is 207 Å². The van der Waals surface area contributed by atoms with E-state index in [4.69, 9.17) is 5.73 Å². The molecule has 1 aromatic carbocycles. The molecule has 11 nitrogen and oxygen atoms in total. The molecule has 1 aromatic rings. The van der Waals surface area contributed by atoms with E-state index in [0.717, 1.165) is 0 Å². The van der Waals surface area contributed by atoms with Gasteiger partial charge in [0.05, 0.1) is 23.7 Å². The third-order valence-electron chi connectivity index (χ3n) is 11.7. The average Bonchev–Trinajstić information content (AvgIpc) is 2.91. The highest BCUT2D eigenvalue weighted by molar-refractivity contribution is 6.09. The molecule has 0 heterocycles. The fraction of sp³-hybridized carbons (Fsp3) is 0.697. The lowest BCUT2D eigenvalue weighted by molar-refractivity contribution is -0.306. The minimum atomic E-state index is -2.83. The Kier molecular flexibility index (Phi) is 8.42. The predicted molar refractivity (Wildman–Crippen MR) is 160 cm³/mol. The van der Waals surface area contributed by atoms with E-state index in [1.165, 1.54) is 13.8 Å². The Hall–Kier alpha value is -2.86. The third kappa shape index (κ3) is 4.29. The summed E-state index contributed by atoms with van der Waals surface area (Å²) in [4.78, 5) is 52.1. The first-order valence-corrected chi connectivity index (χ1v) is 15.4. The summed E-state index contributed by atoms with van der Waals surface area (Å²) in [6.07, 6.45) is -4.19. The van der Waals surface area contributed by atoms with Crippen molar-refractivity contribution < 1.29 is 44.7 Å². The Morgan fingerprint density at radius 1 is 1.11 bits per heavy atom. The van der Waals surface area contributed by atoms with Gasteiger partial charge in [-0.2, -0.15) is 0 Å². The van der Waals surface area contributed by atoms with E-state index in [9.17, 15) is 44.7 Å². The van der Waals surface area contributed by atoms with Gasteiger partial charge < -0.3 is 36.6 Å². The number of rotatable bonds is 7. The number of hydrogen-bond donors (Lipinski definition) is 7. The number of fused-ring (bicyclic) bond motifs is 3. The van der Waals surface area contributed by atoms with Gasteiger partial charge in [-0.1, -0.05) is 60.6 Å². The minimum Gasteiger partial charge on any atom is -0.507 e. The zero-order chi connectivity index (χ0) is 33.5. The Bertz CT molecular complexity index is 1390. The number of phenolic OH excluding ortho intramolecular Hbond substituents is 1. The number of nitrogens with one attached hydrogen (secondary N) is 1. The maximum absolute atomic E-state index is 14.5. The number of ketones is 2. The number of nitrogens with two attached hydrogens (primary N) is 1. The Balaban J connectivity index is 1.90. The second-order valence-electron chi connectivity index (χ2n) is 14.7. The molecule has 2 amide bonds. The smallest absolute Gasteiger partial charge is 0.230 e. The lowest BCUT2D eigenvalue weighted by Gasteiger charge is -2.69. The van der Waals surface area contributed by atoms with Crippen molar-refractivity contribution in [3.63, 3.8) is 0 Å². The molecule has 0 aromatic heterocycles. The normalized spacial score (nSPS) is 38.5. The van der Waals surface area contributed by atoms with Crippen LogP contribution < -0.4 is 11.1 Å². The summed E-state index contributed by atoms with van der Waals surface area (Å²) >= 11 is 0. The summed E-state index contributed by atoms with van der Waals surface area (Å²) in [6.45, 7) is 13.9. The molecule has 0 spiro atoms. The van der Waals surface area contributed by atoms with Crippen molar-refractivity contribution in [3.05, 3.63) is 28.8 Å². The van der Waals surface area contributed by atoms with Crippen molar-refractivity contribution in [2.24, 2.45) is 40.2 Å². The molecule has 10 atom stereocenters. The van der Waals surface area contributed by atoms with E-state index in [1.807, 2.05) is 13.8 Å². The zero-order valence-corrected chi connectivity index (χ0v) is 26.8. The number of aliphatic hydroxyl groups is 4. The Morgan fingerprint density at radius 3 is 2.23 bits per heavy atom. The van der Waals surface area contributed by atoms with E-state index < -0.39 is 87.2 Å². The molecular formula is C33H48N2O9. The van der Waals surface area contributed by atoms with Gasteiger partial charge in [0, 0.05) is 29.9 Å². The quantitative estimate of drug-likeness (QED) is 0.174. The van der Waals surface area contributed by atoms with E-state index in [1.54, 1.807) is 39.8 Å². The van der Waals surface area contributed by atoms with Crippen LogP contribution >= 0.6 is 0 Å². The van der Waals surface area contributed by atoms with Crippen molar-refractivity contribution in [3.8, 4) is 5.75 Å². The van der Waals surface area contributed by atoms with Crippen LogP contribution in [-0.2, 0) is 19.8 Å². The molecule has 0 radical (unpaired) electrons. The summed E-state index contributed by atoms with van der Waals surface area (Å²) in [6, 6.07) is 3.47. The molecule has 0 aliphatic heterocycles. The first kappa shape index (κ1) is 34.0. The van der Waals surface area contributed by atoms with E-state index in [2.05, 4.69) is 5.32 Å². The number of carbonyl (C=O) groups is 4. The molecule has 3 aliphatic carbocycles. The first-order valence-electron chi connectivity index (χ1n) is 15.4. The number of benzene rings is 1. The average molecular weight is 617 g/mol. The Morgan fingerprint density at radius 2 is 1.70 bits per heavy atom. The van der Waals surface area contributed by atoms with Crippen molar-refractivity contribution in [1.82, 2.24) is 5.32 Å². The number of carbonyl (C=O) groups excluding carboxylic acids is 4. The lowest BCUT2D eigenvalue weighted by atomic mass is 9.36. The largest absolute Gasteiger partial charge is 0.507 e. The fourth-order valence-corrected chi connectivity index (χ4v) is 9.24. The van der Waals surface area contributed by atoms with Crippen molar-refractivity contribution >= 4 is 23.4 Å². The highest BCUT2D eigenvalue weighted by Gasteiger charge is 2.80. The summed E-state index contributed by atoms with van der Waals surface area (Å²) in [5.74, 6) is -9.24. The first-order chi connectivity index (χ1) is 20.1. The molecule has 0 bridgehead atoms. The van der Waals surface area contributed by atoms with Gasteiger partial charge in [-0.25, -0.2) is 0 Å². The summed E-state index contributed by atoms with van der Waals surface area (Å²) in [5.41, 5.74) is -0.410. The lowest BCUT2D eigenvalue weighted by Crippen LogP contribution is -2.83. The molecular weight excluding hydrogens is 568 g/mol. The van der Waals surface area contributed by atoms with Crippen LogP contribution in [0.25, 0.3) is 0 Å². The van der Waals surface area contributed by atoms with Crippen LogP contribution in [0, 0.1) is 34.5 Å². The molecule has 2 fully saturated rings. The van der Waals surface area contributed by atoms with Crippen LogP contribution in [0.2, 0.25) is 0 Å². The van der Waals surface area contributed by atoms with Crippen LogP contribution in [-0.4, -0.2) is 79.4 Å². The summed E-state index contributed by atoms with van der Waals surface area (Å²) in [7, 11) is 0. The van der Waals surface area contributed by atoms with Crippen molar-refractivity contribution in [1.29, 1.82) is 0 Å². The molecule has 44 heavy (non-hydrogen) atoms. The number of Topliss-reactive ketones (excluding diaryl/α,β-unsaturated/α-hetero) is 2. The molecule has 4 rings (SSSR count). The third-order valence-corrected chi connectivity index (χ3v) is 11.7. The summed E-state index contributed by atoms with van der Waals surface area (Å²) < 4.78 is 0. The molecule has 11 heteroatoms. The number of phenols is 1. The monoisotopic (exact) mass is 616 g/mol. The number of aromatic hydroxyl groups is 1. The fourth-order valence-electron chi connectivity index (χ4n) is 9.24. The molecule has 2 saturated carbocycles. The van der Waals surface area contributed by atoms with Gasteiger partial charge in [0.2, 0.25) is 11.8 Å². The van der Waals surface area contributed by atoms with Gasteiger partial charge in [0.15, 0.2) is 17.2 Å². The van der Waals surface area contributed by atoms with Gasteiger partial charge in [-0.05, 0) is 41.6 Å². The minimum absolute atomic E-state index is 0.0546. The highest BCUT2D eigenvalue weighted by atomic mass is 16.4. The van der Waals surface area contributed by atoms with Gasteiger partial charge in [0.1, 0.15) is 17.8 Å². The maximum Gasteiger partial charge on any atom is 0.230 e. The van der Waals surface area contributed by atoms with E-state index in [0.29, 0.717) is 30.5 Å². The van der Waals surface area contributed by atoms with Gasteiger partial charge in [0.25, 0.3) is 0 Å². The predicted octanol–water partition coefficient (Wildman–Crippen LogP) is 1.30. The zero-order valence-electron chi connectivity index (χ0n) is 26.8. The van der Waals surface area contributed by atoms with Crippen LogP contribution in [0.1, 0.15) is 95.6 Å². The van der Waals surface area contributed by atoms with Crippen LogP contribution in [0.5, 0.6) is 5.75 Å². The number of hydrogen-bond acceptors (Lipinski definition) is 9. The second-order valence-corrected chi connectivity index (χ2v) is 14.7. The molecule has 2 unspecified atom stereocenters. The maximum atomic E-state index is 14.5. The van der Waals surface area contributed by atoms with Crippen molar-refractivity contribution in [2.45, 2.75) is 103 Å². The van der Waals surface area contributed by atoms with Gasteiger partial charge in [-0.3, -0.25) is 19.2 Å². The Labute approximate surface area is 258 Å². The van der Waals surface area contributed by atoms with Crippen molar-refractivity contribution in [2.75, 3.05) is 6.54 Å². The SMILES string of the molecule is CC(=O)NCCCC(C)(C)c1ccc2c(c1O)C(=O)[C@@H]1C(O)[C@@]3(O)C(=O)[C@H](C(N)=O)C(O)[C@H](C(C)C)[C@@]3(C)[C@H](O)[C@@]1(C)[C@@H]2C. The second kappa shape index (κ2) is 10.9. The molecule has 3 aliphatic rings. The van der Waals surface area contributed by atoms with E-state index >= 15 is 0 Å². The van der Waals surface area contributed by atoms with Crippen LogP contribution in [0.4, 0.5) is 0 Å². The van der Waals surface area contributed by atoms with E-state index in [-0.39, 0.29) is 17.2 Å². The molecule has 244 valence electrons. The standard InChI is InChI=1S/C33H48N2O9/c1-14(2)21-25(39)20(28(34)42)26(40)33(44)27(41)22-24(38)19-17(15(3)31(22,7)29(43)32(21,33)8)10-11-18(23(19)37)30(5,6)12-9-13-35-16(4)36/h10-11,14-15,20-22,25,27,29,37,39,41,43-44H,9,12-13H2,1-8H3,(H2,34,42)(H,35,36)/t15-,20-,21+,22-,25?,27?,29-,31+,32+,33+/m1/s1. The van der Waals surface area contributed by atoms with Crippen LogP contribution in [0.15, 0.2) is 12.1 Å². The number of amides is 2. The number of aliphatic hydroxyl groups excluding tert-OH is 3. The van der Waals surface area contributed by atoms with Gasteiger partial charge in [-0.15, -0.1) is 0 Å².